The summed E-state index contributed by atoms with van der Waals surface area (Å²) in [5.74, 6) is -1.55. The zero-order valence-electron chi connectivity index (χ0n) is 8.92. The van der Waals surface area contributed by atoms with E-state index in [1.54, 1.807) is 0 Å². The van der Waals surface area contributed by atoms with Crippen molar-refractivity contribution in [3.63, 3.8) is 0 Å². The van der Waals surface area contributed by atoms with Crippen molar-refractivity contribution in [2.75, 3.05) is 11.5 Å². The topological polar surface area (TPSA) is 92.5 Å². The van der Waals surface area contributed by atoms with Crippen LogP contribution in [0.1, 0.15) is 5.56 Å². The van der Waals surface area contributed by atoms with Crippen molar-refractivity contribution in [3.05, 3.63) is 23.8 Å². The van der Waals surface area contributed by atoms with Gasteiger partial charge in [-0.15, -0.1) is 0 Å². The van der Waals surface area contributed by atoms with Gasteiger partial charge in [-0.1, -0.05) is 6.07 Å². The van der Waals surface area contributed by atoms with Crippen LogP contribution in [0.5, 0.6) is 11.5 Å². The van der Waals surface area contributed by atoms with Gasteiger partial charge in [0, 0.05) is 10.8 Å². The Hall–Kier alpha value is -2.31. The Labute approximate surface area is 99.2 Å². The first kappa shape index (κ1) is 12.2. The maximum Gasteiger partial charge on any atom is 0.420 e. The predicted molar refractivity (Wildman–Crippen MR) is 61.1 cm³/mol. The van der Waals surface area contributed by atoms with Gasteiger partial charge in [0.15, 0.2) is 5.75 Å². The average Bonchev–Trinajstić information content (AvgIpc) is 2.25. The Kier molecular flexibility index (Phi) is 2.42. The van der Waals surface area contributed by atoms with E-state index >= 15 is 0 Å². The molecule has 0 saturated carbocycles. The van der Waals surface area contributed by atoms with Crippen molar-refractivity contribution >= 4 is 22.1 Å². The molecule has 0 radical (unpaired) electrons. The summed E-state index contributed by atoms with van der Waals surface area (Å²) in [4.78, 5) is 0. The molecule has 0 aromatic heterocycles. The van der Waals surface area contributed by atoms with Gasteiger partial charge in [-0.05, 0) is 12.1 Å². The smallest absolute Gasteiger partial charge is 0.420 e. The summed E-state index contributed by atoms with van der Waals surface area (Å²) in [7, 11) is 0. The summed E-state index contributed by atoms with van der Waals surface area (Å²) >= 11 is 0. The summed E-state index contributed by atoms with van der Waals surface area (Å²) < 4.78 is 38.6. The van der Waals surface area contributed by atoms with E-state index in [0.29, 0.717) is 0 Å². The van der Waals surface area contributed by atoms with Crippen LogP contribution >= 0.6 is 0 Å². The highest BCUT2D eigenvalue weighted by molar-refractivity contribution is 5.99. The predicted octanol–water partition coefficient (Wildman–Crippen LogP) is 2.43. The van der Waals surface area contributed by atoms with Crippen LogP contribution in [0.4, 0.5) is 24.5 Å². The molecule has 0 aliphatic rings. The van der Waals surface area contributed by atoms with Crippen molar-refractivity contribution in [2.45, 2.75) is 6.18 Å². The molecular weight excluding hydrogens is 249 g/mol. The number of phenolic OH excluding ortho intramolecular Hbond substituents is 2. The number of phenols is 2. The van der Waals surface area contributed by atoms with Gasteiger partial charge in [0.05, 0.1) is 11.4 Å². The summed E-state index contributed by atoms with van der Waals surface area (Å²) in [6.07, 6.45) is -4.79. The molecule has 0 aliphatic carbocycles. The Balaban J connectivity index is 3.01. The van der Waals surface area contributed by atoms with E-state index in [2.05, 4.69) is 0 Å². The number of hydrogen-bond acceptors (Lipinski definition) is 4. The molecule has 0 heterocycles. The minimum Gasteiger partial charge on any atom is -0.505 e. The first-order chi connectivity index (χ1) is 8.23. The summed E-state index contributed by atoms with van der Waals surface area (Å²) in [5.41, 5.74) is 8.87. The van der Waals surface area contributed by atoms with Gasteiger partial charge in [0.2, 0.25) is 0 Å². The molecule has 7 heteroatoms. The summed E-state index contributed by atoms with van der Waals surface area (Å²) in [6.45, 7) is 0. The van der Waals surface area contributed by atoms with Gasteiger partial charge < -0.3 is 21.7 Å². The standard InChI is InChI=1S/C11H9F3N2O2/c12-11(13,14)8-4-1-2-6(15)9(17)5(4)3-7(16)10(8)18/h1-3,17-18H,15-16H2. The fraction of sp³-hybridized carbons (Fsp3) is 0.0909. The van der Waals surface area contributed by atoms with Crippen LogP contribution in [-0.4, -0.2) is 10.2 Å². The highest BCUT2D eigenvalue weighted by Crippen LogP contribution is 2.46. The number of fused-ring (bicyclic) bond motifs is 1. The third-order valence-electron chi connectivity index (χ3n) is 2.61. The molecule has 96 valence electrons. The highest BCUT2D eigenvalue weighted by Gasteiger charge is 2.37. The molecule has 0 fully saturated rings. The molecule has 2 aromatic rings. The number of nitrogen functional groups attached to an aromatic ring is 2. The second-order valence-electron chi connectivity index (χ2n) is 3.79. The first-order valence-electron chi connectivity index (χ1n) is 4.83. The molecule has 18 heavy (non-hydrogen) atoms. The lowest BCUT2D eigenvalue weighted by Crippen LogP contribution is -2.08. The van der Waals surface area contributed by atoms with Crippen molar-refractivity contribution < 1.29 is 23.4 Å². The second kappa shape index (κ2) is 3.59. The third kappa shape index (κ3) is 1.64. The second-order valence-corrected chi connectivity index (χ2v) is 3.79. The van der Waals surface area contributed by atoms with Gasteiger partial charge in [0.1, 0.15) is 11.3 Å². The van der Waals surface area contributed by atoms with E-state index in [1.165, 1.54) is 0 Å². The van der Waals surface area contributed by atoms with Crippen LogP contribution in [0.3, 0.4) is 0 Å². The monoisotopic (exact) mass is 258 g/mol. The number of nitrogens with two attached hydrogens (primary N) is 2. The Morgan fingerprint density at radius 2 is 1.50 bits per heavy atom. The lowest BCUT2D eigenvalue weighted by molar-refractivity contribution is -0.137. The van der Waals surface area contributed by atoms with Crippen molar-refractivity contribution in [3.8, 4) is 11.5 Å². The van der Waals surface area contributed by atoms with Gasteiger partial charge in [0.25, 0.3) is 0 Å². The SMILES string of the molecule is Nc1cc2c(O)c(N)ccc2c(C(F)(F)F)c1O. The normalized spacial score (nSPS) is 11.9. The Bertz CT molecular complexity index is 638. The fourth-order valence-corrected chi connectivity index (χ4v) is 1.77. The molecule has 0 unspecified atom stereocenters. The quantitative estimate of drug-likeness (QED) is 0.431. The lowest BCUT2D eigenvalue weighted by atomic mass is 10.00. The summed E-state index contributed by atoms with van der Waals surface area (Å²) in [5, 5.41) is 18.6. The first-order valence-corrected chi connectivity index (χ1v) is 4.83. The van der Waals surface area contributed by atoms with Crippen LogP contribution < -0.4 is 11.5 Å². The molecule has 0 aliphatic heterocycles. The zero-order chi connectivity index (χ0) is 13.7. The van der Waals surface area contributed by atoms with Gasteiger partial charge in [-0.2, -0.15) is 13.2 Å². The molecule has 0 amide bonds. The zero-order valence-corrected chi connectivity index (χ0v) is 8.92. The van der Waals surface area contributed by atoms with Crippen LogP contribution in [0.15, 0.2) is 18.2 Å². The molecular formula is C11H9F3N2O2. The number of alkyl halides is 3. The molecule has 0 saturated heterocycles. The van der Waals surface area contributed by atoms with E-state index in [4.69, 9.17) is 11.5 Å². The van der Waals surface area contributed by atoms with Gasteiger partial charge in [-0.25, -0.2) is 0 Å². The minimum absolute atomic E-state index is 0.0688. The van der Waals surface area contributed by atoms with E-state index < -0.39 is 28.9 Å². The Morgan fingerprint density at radius 1 is 0.889 bits per heavy atom. The van der Waals surface area contributed by atoms with Crippen LogP contribution in [0, 0.1) is 0 Å². The van der Waals surface area contributed by atoms with Gasteiger partial charge in [-0.3, -0.25) is 0 Å². The van der Waals surface area contributed by atoms with E-state index in [0.717, 1.165) is 18.2 Å². The van der Waals surface area contributed by atoms with Crippen LogP contribution in [-0.2, 0) is 6.18 Å². The highest BCUT2D eigenvalue weighted by atomic mass is 19.4. The number of benzene rings is 2. The maximum atomic E-state index is 12.9. The number of rotatable bonds is 0. The van der Waals surface area contributed by atoms with Gasteiger partial charge >= 0.3 is 6.18 Å². The number of halogens is 3. The van der Waals surface area contributed by atoms with Crippen molar-refractivity contribution in [2.24, 2.45) is 0 Å². The molecule has 0 spiro atoms. The molecule has 4 nitrogen and oxygen atoms in total. The average molecular weight is 258 g/mol. The van der Waals surface area contributed by atoms with Crippen LogP contribution in [0.2, 0.25) is 0 Å². The fourth-order valence-electron chi connectivity index (χ4n) is 1.77. The van der Waals surface area contributed by atoms with E-state index in [9.17, 15) is 23.4 Å². The number of aromatic hydroxyl groups is 2. The maximum absolute atomic E-state index is 12.9. The van der Waals surface area contributed by atoms with Crippen molar-refractivity contribution in [1.29, 1.82) is 0 Å². The Morgan fingerprint density at radius 3 is 2.06 bits per heavy atom. The molecule has 0 bridgehead atoms. The van der Waals surface area contributed by atoms with Crippen LogP contribution in [0.25, 0.3) is 10.8 Å². The number of hydrogen-bond donors (Lipinski definition) is 4. The summed E-state index contributed by atoms with van der Waals surface area (Å²) in [6, 6.07) is 3.25. The molecule has 2 rings (SSSR count). The molecule has 2 aromatic carbocycles. The third-order valence-corrected chi connectivity index (χ3v) is 2.61. The minimum atomic E-state index is -4.79. The number of anilines is 2. The lowest BCUT2D eigenvalue weighted by Gasteiger charge is -2.15. The molecule has 0 atom stereocenters. The molecule has 6 N–H and O–H groups in total. The van der Waals surface area contributed by atoms with E-state index in [1.807, 2.05) is 0 Å². The van der Waals surface area contributed by atoms with Crippen molar-refractivity contribution in [1.82, 2.24) is 0 Å². The largest absolute Gasteiger partial charge is 0.505 e. The van der Waals surface area contributed by atoms with E-state index in [-0.39, 0.29) is 16.5 Å².